The molecule has 3 aromatic rings. The first-order valence-corrected chi connectivity index (χ1v) is 7.90. The molecule has 0 aliphatic heterocycles. The molecular weight excluding hydrogens is 296 g/mol. The summed E-state index contributed by atoms with van der Waals surface area (Å²) in [4.78, 5) is 16.8. The van der Waals surface area contributed by atoms with Crippen molar-refractivity contribution < 1.29 is 9.53 Å². The van der Waals surface area contributed by atoms with Crippen LogP contribution in [0.2, 0.25) is 0 Å². The van der Waals surface area contributed by atoms with Gasteiger partial charge in [-0.15, -0.1) is 11.8 Å². The molecule has 0 saturated heterocycles. The molecule has 2 heterocycles. The number of methoxy groups -OCH3 is 1. The van der Waals surface area contributed by atoms with Gasteiger partial charge in [0.05, 0.1) is 19.0 Å². The number of rotatable bonds is 5. The zero-order chi connectivity index (χ0) is 15.5. The first-order chi connectivity index (χ1) is 10.7. The molecule has 22 heavy (non-hydrogen) atoms. The third-order valence-electron chi connectivity index (χ3n) is 3.44. The molecule has 2 aromatic heterocycles. The van der Waals surface area contributed by atoms with Gasteiger partial charge < -0.3 is 9.14 Å². The van der Waals surface area contributed by atoms with Crippen LogP contribution in [0.5, 0.6) is 5.75 Å². The highest BCUT2D eigenvalue weighted by Gasteiger charge is 2.09. The lowest BCUT2D eigenvalue weighted by atomic mass is 10.1. The molecule has 0 bridgehead atoms. The lowest BCUT2D eigenvalue weighted by molar-refractivity contribution is 0.101. The molecule has 0 radical (unpaired) electrons. The minimum Gasteiger partial charge on any atom is -0.496 e. The fourth-order valence-corrected chi connectivity index (χ4v) is 3.22. The van der Waals surface area contributed by atoms with Gasteiger partial charge in [0.15, 0.2) is 5.78 Å². The Morgan fingerprint density at radius 2 is 2.18 bits per heavy atom. The highest BCUT2D eigenvalue weighted by Crippen LogP contribution is 2.32. The van der Waals surface area contributed by atoms with Gasteiger partial charge in [0.2, 0.25) is 0 Å². The van der Waals surface area contributed by atoms with Gasteiger partial charge in [-0.25, -0.2) is 4.98 Å². The molecule has 5 heteroatoms. The zero-order valence-corrected chi connectivity index (χ0v) is 13.3. The number of nitrogens with zero attached hydrogens (tertiary/aromatic N) is 2. The van der Waals surface area contributed by atoms with Gasteiger partial charge in [-0.3, -0.25) is 4.79 Å². The van der Waals surface area contributed by atoms with Crippen molar-refractivity contribution >= 4 is 23.2 Å². The number of ether oxygens (including phenoxy) is 1. The molecule has 0 amide bonds. The maximum atomic E-state index is 11.4. The van der Waals surface area contributed by atoms with E-state index in [1.54, 1.807) is 31.9 Å². The summed E-state index contributed by atoms with van der Waals surface area (Å²) in [6.45, 7) is 1.56. The van der Waals surface area contributed by atoms with E-state index in [4.69, 9.17) is 4.74 Å². The van der Waals surface area contributed by atoms with Crippen LogP contribution in [-0.4, -0.2) is 22.3 Å². The molecule has 112 valence electrons. The van der Waals surface area contributed by atoms with E-state index in [1.807, 2.05) is 42.7 Å². The average molecular weight is 312 g/mol. The summed E-state index contributed by atoms with van der Waals surface area (Å²) in [5.74, 6) is 1.55. The lowest BCUT2D eigenvalue weighted by Crippen LogP contribution is -1.95. The van der Waals surface area contributed by atoms with Crippen LogP contribution in [0.1, 0.15) is 23.0 Å². The van der Waals surface area contributed by atoms with Gasteiger partial charge in [-0.1, -0.05) is 12.1 Å². The van der Waals surface area contributed by atoms with E-state index in [0.717, 1.165) is 27.7 Å². The van der Waals surface area contributed by atoms with Crippen molar-refractivity contribution in [1.29, 1.82) is 0 Å². The Morgan fingerprint density at radius 3 is 2.95 bits per heavy atom. The largest absolute Gasteiger partial charge is 0.496 e. The monoisotopic (exact) mass is 312 g/mol. The van der Waals surface area contributed by atoms with E-state index in [-0.39, 0.29) is 5.78 Å². The van der Waals surface area contributed by atoms with Crippen molar-refractivity contribution in [2.45, 2.75) is 17.6 Å². The molecule has 3 rings (SSSR count). The SMILES string of the molecule is COc1cc(C(C)=O)ccc1SCc1cnc2ccccn12. The van der Waals surface area contributed by atoms with Crippen LogP contribution >= 0.6 is 11.8 Å². The summed E-state index contributed by atoms with van der Waals surface area (Å²) in [5.41, 5.74) is 2.73. The second-order valence-corrected chi connectivity index (χ2v) is 5.91. The number of Topliss-reactive ketones (excluding diaryl/α,β-unsaturated/α-hetero) is 1. The smallest absolute Gasteiger partial charge is 0.159 e. The van der Waals surface area contributed by atoms with Gasteiger partial charge in [-0.05, 0) is 31.2 Å². The molecular formula is C17H16N2O2S. The molecule has 0 N–H and O–H groups in total. The van der Waals surface area contributed by atoms with Crippen molar-refractivity contribution in [3.8, 4) is 5.75 Å². The minimum atomic E-state index is 0.0386. The van der Waals surface area contributed by atoms with Crippen molar-refractivity contribution in [2.75, 3.05) is 7.11 Å². The van der Waals surface area contributed by atoms with E-state index < -0.39 is 0 Å². The van der Waals surface area contributed by atoms with Crippen LogP contribution in [-0.2, 0) is 5.75 Å². The number of ketones is 1. The normalized spacial score (nSPS) is 10.8. The van der Waals surface area contributed by atoms with Crippen LogP contribution < -0.4 is 4.74 Å². The topological polar surface area (TPSA) is 43.6 Å². The predicted octanol–water partition coefficient (Wildman–Crippen LogP) is 3.84. The first-order valence-electron chi connectivity index (χ1n) is 6.92. The fraction of sp³-hybridized carbons (Fsp3) is 0.176. The van der Waals surface area contributed by atoms with Crippen molar-refractivity contribution in [3.63, 3.8) is 0 Å². The Morgan fingerprint density at radius 1 is 1.32 bits per heavy atom. The van der Waals surface area contributed by atoms with E-state index in [1.165, 1.54) is 0 Å². The maximum absolute atomic E-state index is 11.4. The number of imidazole rings is 1. The Hall–Kier alpha value is -2.27. The summed E-state index contributed by atoms with van der Waals surface area (Å²) in [5, 5.41) is 0. The summed E-state index contributed by atoms with van der Waals surface area (Å²) >= 11 is 1.67. The number of thioether (sulfide) groups is 1. The maximum Gasteiger partial charge on any atom is 0.159 e. The first kappa shape index (κ1) is 14.7. The highest BCUT2D eigenvalue weighted by molar-refractivity contribution is 7.98. The van der Waals surface area contributed by atoms with Crippen molar-refractivity contribution in [1.82, 2.24) is 9.38 Å². The van der Waals surface area contributed by atoms with Crippen LogP contribution in [0.25, 0.3) is 5.65 Å². The number of carbonyl (C=O) groups excluding carboxylic acids is 1. The van der Waals surface area contributed by atoms with E-state index in [0.29, 0.717) is 5.56 Å². The lowest BCUT2D eigenvalue weighted by Gasteiger charge is -2.09. The van der Waals surface area contributed by atoms with Gasteiger partial charge in [-0.2, -0.15) is 0 Å². The minimum absolute atomic E-state index is 0.0386. The quantitative estimate of drug-likeness (QED) is 0.530. The fourth-order valence-electron chi connectivity index (χ4n) is 2.25. The molecule has 1 aromatic carbocycles. The van der Waals surface area contributed by atoms with Gasteiger partial charge in [0.25, 0.3) is 0 Å². The van der Waals surface area contributed by atoms with Crippen LogP contribution in [0, 0.1) is 0 Å². The molecule has 0 aliphatic rings. The standard InChI is InChI=1S/C17H16N2O2S/c1-12(20)13-6-7-16(15(9-13)21-2)22-11-14-10-18-17-5-3-4-8-19(14)17/h3-10H,11H2,1-2H3. The summed E-state index contributed by atoms with van der Waals surface area (Å²) in [7, 11) is 1.62. The van der Waals surface area contributed by atoms with Crippen molar-refractivity contribution in [3.05, 3.63) is 60.0 Å². The van der Waals surface area contributed by atoms with Crippen LogP contribution in [0.4, 0.5) is 0 Å². The second kappa shape index (κ2) is 6.23. The van der Waals surface area contributed by atoms with Gasteiger partial charge in [0.1, 0.15) is 11.4 Å². The van der Waals surface area contributed by atoms with Gasteiger partial charge >= 0.3 is 0 Å². The number of aromatic nitrogens is 2. The van der Waals surface area contributed by atoms with Crippen LogP contribution in [0.3, 0.4) is 0 Å². The zero-order valence-electron chi connectivity index (χ0n) is 12.4. The van der Waals surface area contributed by atoms with E-state index >= 15 is 0 Å². The third kappa shape index (κ3) is 2.85. The number of hydrogen-bond donors (Lipinski definition) is 0. The molecule has 0 saturated carbocycles. The summed E-state index contributed by atoms with van der Waals surface area (Å²) in [6, 6.07) is 11.5. The summed E-state index contributed by atoms with van der Waals surface area (Å²) in [6.07, 6.45) is 3.90. The highest BCUT2D eigenvalue weighted by atomic mass is 32.2. The van der Waals surface area contributed by atoms with E-state index in [2.05, 4.69) is 9.38 Å². The number of pyridine rings is 1. The molecule has 0 atom stereocenters. The van der Waals surface area contributed by atoms with Gasteiger partial charge in [0, 0.05) is 22.4 Å². The molecule has 0 unspecified atom stereocenters. The molecule has 0 fully saturated rings. The molecule has 0 aliphatic carbocycles. The Balaban J connectivity index is 1.83. The number of hydrogen-bond acceptors (Lipinski definition) is 4. The average Bonchev–Trinajstić information content (AvgIpc) is 2.96. The Labute approximate surface area is 133 Å². The second-order valence-electron chi connectivity index (χ2n) is 4.89. The number of benzene rings is 1. The number of fused-ring (bicyclic) bond motifs is 1. The third-order valence-corrected chi connectivity index (χ3v) is 4.53. The summed E-state index contributed by atoms with van der Waals surface area (Å²) < 4.78 is 7.47. The molecule has 0 spiro atoms. The van der Waals surface area contributed by atoms with E-state index in [9.17, 15) is 4.79 Å². The van der Waals surface area contributed by atoms with Crippen LogP contribution in [0.15, 0.2) is 53.7 Å². The van der Waals surface area contributed by atoms with Crippen molar-refractivity contribution in [2.24, 2.45) is 0 Å². The molecule has 4 nitrogen and oxygen atoms in total. The number of carbonyl (C=O) groups is 1. The Kier molecular flexibility index (Phi) is 4.15. The predicted molar refractivity (Wildman–Crippen MR) is 87.8 cm³/mol. The Bertz CT molecular complexity index is 826.